The van der Waals surface area contributed by atoms with E-state index < -0.39 is 12.1 Å². The molecule has 6 nitrogen and oxygen atoms in total. The number of Topliss-reactive ketones (excluding diaryl/α,β-unsaturated/α-hetero) is 1. The number of ether oxygens (including phenoxy) is 1. The van der Waals surface area contributed by atoms with Gasteiger partial charge >= 0.3 is 5.97 Å². The van der Waals surface area contributed by atoms with Gasteiger partial charge in [0.25, 0.3) is 0 Å². The van der Waals surface area contributed by atoms with Gasteiger partial charge in [0.05, 0.1) is 5.56 Å². The van der Waals surface area contributed by atoms with Crippen molar-refractivity contribution in [2.45, 2.75) is 25.9 Å². The van der Waals surface area contributed by atoms with Crippen molar-refractivity contribution in [1.29, 1.82) is 0 Å². The molecule has 0 unspecified atom stereocenters. The first kappa shape index (κ1) is 18.0. The van der Waals surface area contributed by atoms with E-state index >= 15 is 0 Å². The Morgan fingerprint density at radius 2 is 1.86 bits per heavy atom. The van der Waals surface area contributed by atoms with E-state index in [9.17, 15) is 14.4 Å². The molecule has 0 saturated carbocycles. The molecule has 0 radical (unpaired) electrons. The van der Waals surface area contributed by atoms with Crippen LogP contribution in [0, 0.1) is 0 Å². The summed E-state index contributed by atoms with van der Waals surface area (Å²) in [6.45, 7) is 2.26. The van der Waals surface area contributed by atoms with Crippen LogP contribution in [-0.4, -0.2) is 35.3 Å². The highest BCUT2D eigenvalue weighted by Crippen LogP contribution is 2.23. The van der Waals surface area contributed by atoms with E-state index in [4.69, 9.17) is 4.74 Å². The molecule has 0 spiro atoms. The number of carbonyl (C=O) groups is 3. The Kier molecular flexibility index (Phi) is 4.69. The second kappa shape index (κ2) is 7.31. The largest absolute Gasteiger partial charge is 0.451 e. The topological polar surface area (TPSA) is 79.5 Å². The average molecular weight is 376 g/mol. The lowest BCUT2D eigenvalue weighted by atomic mass is 10.1. The lowest BCUT2D eigenvalue weighted by molar-refractivity contribution is -0.117. The van der Waals surface area contributed by atoms with Gasteiger partial charge in [-0.15, -0.1) is 0 Å². The molecule has 1 aliphatic rings. The lowest BCUT2D eigenvalue weighted by Gasteiger charge is -2.16. The number of aromatic nitrogens is 1. The molecule has 2 heterocycles. The zero-order valence-corrected chi connectivity index (χ0v) is 15.5. The number of amides is 1. The summed E-state index contributed by atoms with van der Waals surface area (Å²) in [4.78, 5) is 41.7. The molecule has 1 atom stereocenters. The van der Waals surface area contributed by atoms with Gasteiger partial charge in [-0.2, -0.15) is 0 Å². The summed E-state index contributed by atoms with van der Waals surface area (Å²) in [6.07, 6.45) is 2.12. The van der Waals surface area contributed by atoms with Crippen LogP contribution < -0.4 is 4.90 Å². The second-order valence-electron chi connectivity index (χ2n) is 6.86. The number of nitrogens with one attached hydrogen (secondary N) is 1. The van der Waals surface area contributed by atoms with Gasteiger partial charge in [-0.25, -0.2) is 4.79 Å². The number of aromatic amines is 1. The summed E-state index contributed by atoms with van der Waals surface area (Å²) >= 11 is 0. The van der Waals surface area contributed by atoms with Gasteiger partial charge in [0.15, 0.2) is 6.10 Å². The number of carbonyl (C=O) groups excluding carboxylic acids is 3. The van der Waals surface area contributed by atoms with Crippen LogP contribution in [0.2, 0.25) is 0 Å². The average Bonchev–Trinajstić information content (AvgIpc) is 3.33. The molecule has 0 aliphatic carbocycles. The summed E-state index contributed by atoms with van der Waals surface area (Å²) in [6, 6.07) is 14.2. The van der Waals surface area contributed by atoms with E-state index in [1.807, 2.05) is 24.3 Å². The summed E-state index contributed by atoms with van der Waals surface area (Å²) < 4.78 is 5.37. The molecule has 1 aliphatic heterocycles. The third-order valence-electron chi connectivity index (χ3n) is 5.00. The number of nitrogens with zero attached hydrogens (tertiary/aromatic N) is 1. The highest BCUT2D eigenvalue weighted by atomic mass is 16.5. The minimum atomic E-state index is -0.911. The molecule has 1 N–H and O–H groups in total. The van der Waals surface area contributed by atoms with Gasteiger partial charge in [-0.1, -0.05) is 18.2 Å². The van der Waals surface area contributed by atoms with Crippen LogP contribution in [0.4, 0.5) is 5.69 Å². The monoisotopic (exact) mass is 376 g/mol. The fraction of sp³-hybridized carbons (Fsp3) is 0.227. The number of rotatable bonds is 5. The van der Waals surface area contributed by atoms with Crippen LogP contribution in [-0.2, 0) is 9.53 Å². The maximum atomic E-state index is 12.7. The molecule has 1 fully saturated rings. The zero-order chi connectivity index (χ0) is 19.7. The number of benzene rings is 2. The summed E-state index contributed by atoms with van der Waals surface area (Å²) in [5.41, 5.74) is 2.46. The number of ketones is 1. The van der Waals surface area contributed by atoms with Crippen LogP contribution in [0.15, 0.2) is 54.7 Å². The highest BCUT2D eigenvalue weighted by molar-refractivity contribution is 6.10. The van der Waals surface area contributed by atoms with Crippen molar-refractivity contribution >= 4 is 34.3 Å². The summed E-state index contributed by atoms with van der Waals surface area (Å²) in [5.74, 6) is -0.738. The molecule has 6 heteroatoms. The zero-order valence-electron chi connectivity index (χ0n) is 15.5. The van der Waals surface area contributed by atoms with E-state index in [1.54, 1.807) is 42.3 Å². The maximum Gasteiger partial charge on any atom is 0.338 e. The standard InChI is InChI=1S/C22H20N2O4/c1-14(21(26)18-13-23-19-6-3-2-5-17(18)19)28-22(27)15-8-10-16(11-9-15)24-12-4-7-20(24)25/h2-3,5-6,8-11,13-14,23H,4,7,12H2,1H3/t14-/m0/s1. The Balaban J connectivity index is 1.45. The van der Waals surface area contributed by atoms with Crippen molar-refractivity contribution in [1.82, 2.24) is 4.98 Å². The quantitative estimate of drug-likeness (QED) is 0.544. The van der Waals surface area contributed by atoms with Crippen molar-refractivity contribution in [2.75, 3.05) is 11.4 Å². The predicted octanol–water partition coefficient (Wildman–Crippen LogP) is 3.72. The number of hydrogen-bond donors (Lipinski definition) is 1. The number of hydrogen-bond acceptors (Lipinski definition) is 4. The van der Waals surface area contributed by atoms with Gasteiger partial charge in [0.1, 0.15) is 0 Å². The second-order valence-corrected chi connectivity index (χ2v) is 6.86. The molecular formula is C22H20N2O4. The van der Waals surface area contributed by atoms with Gasteiger partial charge in [0.2, 0.25) is 11.7 Å². The smallest absolute Gasteiger partial charge is 0.338 e. The van der Waals surface area contributed by atoms with Gasteiger partial charge in [-0.3, -0.25) is 9.59 Å². The minimum absolute atomic E-state index is 0.0910. The first-order valence-corrected chi connectivity index (χ1v) is 9.26. The number of para-hydroxylation sites is 1. The highest BCUT2D eigenvalue weighted by Gasteiger charge is 2.24. The Bertz CT molecular complexity index is 1050. The Labute approximate surface area is 162 Å². The van der Waals surface area contributed by atoms with Crippen molar-refractivity contribution in [3.8, 4) is 0 Å². The van der Waals surface area contributed by atoms with Crippen LogP contribution in [0.5, 0.6) is 0 Å². The number of fused-ring (bicyclic) bond motifs is 1. The van der Waals surface area contributed by atoms with Crippen LogP contribution in [0.3, 0.4) is 0 Å². The molecule has 28 heavy (non-hydrogen) atoms. The molecule has 1 amide bonds. The summed E-state index contributed by atoms with van der Waals surface area (Å²) in [7, 11) is 0. The van der Waals surface area contributed by atoms with Crippen molar-refractivity contribution in [3.05, 3.63) is 65.9 Å². The molecule has 0 bridgehead atoms. The Morgan fingerprint density at radius 3 is 2.57 bits per heavy atom. The molecule has 142 valence electrons. The third-order valence-corrected chi connectivity index (χ3v) is 5.00. The molecule has 2 aromatic carbocycles. The third kappa shape index (κ3) is 3.29. The van der Waals surface area contributed by atoms with E-state index in [0.717, 1.165) is 23.0 Å². The number of anilines is 1. The van der Waals surface area contributed by atoms with Gasteiger partial charge in [0, 0.05) is 41.3 Å². The summed E-state index contributed by atoms with van der Waals surface area (Å²) in [5, 5.41) is 0.801. The SMILES string of the molecule is C[C@H](OC(=O)c1ccc(N2CCCC2=O)cc1)C(=O)c1c[nH]c2ccccc12. The maximum absolute atomic E-state index is 12.7. The van der Waals surface area contributed by atoms with Crippen molar-refractivity contribution in [2.24, 2.45) is 0 Å². The first-order chi connectivity index (χ1) is 13.5. The Hall–Kier alpha value is -3.41. The van der Waals surface area contributed by atoms with Crippen molar-refractivity contribution < 1.29 is 19.1 Å². The van der Waals surface area contributed by atoms with E-state index in [-0.39, 0.29) is 11.7 Å². The first-order valence-electron chi connectivity index (χ1n) is 9.26. The molecule has 1 aromatic heterocycles. The fourth-order valence-electron chi connectivity index (χ4n) is 3.48. The molecule has 1 saturated heterocycles. The number of esters is 1. The number of H-pyrrole nitrogens is 1. The lowest BCUT2D eigenvalue weighted by Crippen LogP contribution is -2.25. The minimum Gasteiger partial charge on any atom is -0.451 e. The van der Waals surface area contributed by atoms with Crippen molar-refractivity contribution in [3.63, 3.8) is 0 Å². The van der Waals surface area contributed by atoms with Gasteiger partial charge < -0.3 is 14.6 Å². The van der Waals surface area contributed by atoms with Gasteiger partial charge in [-0.05, 0) is 43.7 Å². The van der Waals surface area contributed by atoms with Crippen LogP contribution >= 0.6 is 0 Å². The normalized spacial score (nSPS) is 15.0. The van der Waals surface area contributed by atoms with E-state index in [2.05, 4.69) is 4.98 Å². The molecule has 3 aromatic rings. The fourth-order valence-corrected chi connectivity index (χ4v) is 3.48. The Morgan fingerprint density at radius 1 is 1.11 bits per heavy atom. The van der Waals surface area contributed by atoms with E-state index in [1.165, 1.54) is 0 Å². The predicted molar refractivity (Wildman–Crippen MR) is 106 cm³/mol. The van der Waals surface area contributed by atoms with Crippen LogP contribution in [0.1, 0.15) is 40.5 Å². The molecule has 4 rings (SSSR count). The van der Waals surface area contributed by atoms with E-state index in [0.29, 0.717) is 24.1 Å². The van der Waals surface area contributed by atoms with Crippen LogP contribution in [0.25, 0.3) is 10.9 Å². The molecular weight excluding hydrogens is 356 g/mol.